The number of carbonyl (C=O) groups is 1. The summed E-state index contributed by atoms with van der Waals surface area (Å²) < 4.78 is 5.13. The Morgan fingerprint density at radius 1 is 1.44 bits per heavy atom. The van der Waals surface area contributed by atoms with E-state index in [9.17, 15) is 9.90 Å². The number of rotatable bonds is 5. The molecule has 2 fully saturated rings. The van der Waals surface area contributed by atoms with Gasteiger partial charge in [0.2, 0.25) is 0 Å². The lowest BCUT2D eigenvalue weighted by Crippen LogP contribution is -2.47. The summed E-state index contributed by atoms with van der Waals surface area (Å²) in [5.74, 6) is -0.0430. The first kappa shape index (κ1) is 13.8. The van der Waals surface area contributed by atoms with Crippen molar-refractivity contribution in [2.24, 2.45) is 5.92 Å². The molecule has 2 rings (SSSR count). The average Bonchev–Trinajstić information content (AvgIpc) is 2.75. The number of ether oxygens (including phenoxy) is 1. The molecule has 1 aliphatic heterocycles. The highest BCUT2D eigenvalue weighted by atomic mass is 16.5. The molecule has 2 aliphatic rings. The van der Waals surface area contributed by atoms with Gasteiger partial charge < -0.3 is 9.84 Å². The Hall–Kier alpha value is -0.610. The second kappa shape index (κ2) is 6.02. The Bertz CT molecular complexity index is 295. The molecule has 0 aromatic carbocycles. The molecule has 4 atom stereocenters. The van der Waals surface area contributed by atoms with Gasteiger partial charge in [0.1, 0.15) is 6.04 Å². The Balaban J connectivity index is 2.08. The molecule has 0 aromatic heterocycles. The lowest BCUT2D eigenvalue weighted by atomic mass is 9.84. The number of hydrogen-bond acceptors (Lipinski definition) is 3. The van der Waals surface area contributed by atoms with Crippen LogP contribution in [0.3, 0.4) is 0 Å². The van der Waals surface area contributed by atoms with E-state index < -0.39 is 5.97 Å². The zero-order valence-electron chi connectivity index (χ0n) is 11.5. The standard InChI is InChI=1S/C14H25NO3/c1-10(7-8-18-2)15-12-6-4-3-5-11(12)9-13(15)14(16)17/h10-13H,3-9H2,1-2H3,(H,16,17). The predicted molar refractivity (Wildman–Crippen MR) is 69.6 cm³/mol. The molecule has 1 N–H and O–H groups in total. The minimum atomic E-state index is -0.645. The third-order valence-electron chi connectivity index (χ3n) is 4.67. The molecule has 1 aliphatic carbocycles. The lowest BCUT2D eigenvalue weighted by molar-refractivity contribution is -0.143. The maximum atomic E-state index is 11.5. The van der Waals surface area contributed by atoms with Gasteiger partial charge in [-0.2, -0.15) is 0 Å². The molecule has 1 saturated carbocycles. The highest BCUT2D eigenvalue weighted by Crippen LogP contribution is 2.41. The van der Waals surface area contributed by atoms with Crippen LogP contribution in [0.2, 0.25) is 0 Å². The summed E-state index contributed by atoms with van der Waals surface area (Å²) in [6, 6.07) is 0.524. The number of hydrogen-bond donors (Lipinski definition) is 1. The molecule has 0 spiro atoms. The minimum absolute atomic E-state index is 0.273. The molecule has 0 aromatic rings. The van der Waals surface area contributed by atoms with E-state index in [0.717, 1.165) is 12.8 Å². The highest BCUT2D eigenvalue weighted by molar-refractivity contribution is 5.74. The number of fused-ring (bicyclic) bond motifs is 1. The number of methoxy groups -OCH3 is 1. The van der Waals surface area contributed by atoms with Crippen molar-refractivity contribution in [1.29, 1.82) is 0 Å². The average molecular weight is 255 g/mol. The van der Waals surface area contributed by atoms with Gasteiger partial charge >= 0.3 is 5.97 Å². The van der Waals surface area contributed by atoms with Crippen molar-refractivity contribution in [1.82, 2.24) is 4.90 Å². The normalized spacial score (nSPS) is 34.2. The molecule has 4 unspecified atom stereocenters. The van der Waals surface area contributed by atoms with E-state index in [1.807, 2.05) is 0 Å². The number of carboxylic acids is 1. The molecular formula is C14H25NO3. The summed E-state index contributed by atoms with van der Waals surface area (Å²) in [6.07, 6.45) is 6.67. The first-order valence-corrected chi connectivity index (χ1v) is 7.14. The van der Waals surface area contributed by atoms with Gasteiger partial charge in [-0.1, -0.05) is 12.8 Å². The van der Waals surface area contributed by atoms with Crippen LogP contribution in [-0.2, 0) is 9.53 Å². The van der Waals surface area contributed by atoms with Crippen LogP contribution < -0.4 is 0 Å². The van der Waals surface area contributed by atoms with Crippen LogP contribution in [0.1, 0.15) is 45.4 Å². The molecule has 18 heavy (non-hydrogen) atoms. The largest absolute Gasteiger partial charge is 0.480 e. The maximum absolute atomic E-state index is 11.5. The van der Waals surface area contributed by atoms with E-state index in [1.54, 1.807) is 7.11 Å². The third-order valence-corrected chi connectivity index (χ3v) is 4.67. The second-order valence-corrected chi connectivity index (χ2v) is 5.78. The summed E-state index contributed by atoms with van der Waals surface area (Å²) in [6.45, 7) is 2.85. The van der Waals surface area contributed by atoms with Gasteiger partial charge in [0.05, 0.1) is 0 Å². The van der Waals surface area contributed by atoms with Crippen molar-refractivity contribution in [2.45, 2.75) is 63.6 Å². The number of aliphatic carboxylic acids is 1. The summed E-state index contributed by atoms with van der Waals surface area (Å²) >= 11 is 0. The third kappa shape index (κ3) is 2.69. The SMILES string of the molecule is COCCC(C)N1C(C(=O)O)CC2CCCCC21. The van der Waals surface area contributed by atoms with Crippen molar-refractivity contribution in [3.05, 3.63) is 0 Å². The van der Waals surface area contributed by atoms with Crippen molar-refractivity contribution < 1.29 is 14.6 Å². The monoisotopic (exact) mass is 255 g/mol. The van der Waals surface area contributed by atoms with Gasteiger partial charge in [-0.15, -0.1) is 0 Å². The van der Waals surface area contributed by atoms with Gasteiger partial charge in [-0.3, -0.25) is 9.69 Å². The Morgan fingerprint density at radius 2 is 2.17 bits per heavy atom. The van der Waals surface area contributed by atoms with E-state index in [-0.39, 0.29) is 6.04 Å². The molecule has 0 radical (unpaired) electrons. The summed E-state index contributed by atoms with van der Waals surface area (Å²) in [7, 11) is 1.70. The summed E-state index contributed by atoms with van der Waals surface area (Å²) in [4.78, 5) is 13.7. The van der Waals surface area contributed by atoms with E-state index in [1.165, 1.54) is 25.7 Å². The molecule has 4 nitrogen and oxygen atoms in total. The van der Waals surface area contributed by atoms with E-state index >= 15 is 0 Å². The van der Waals surface area contributed by atoms with Crippen molar-refractivity contribution in [3.8, 4) is 0 Å². The van der Waals surface area contributed by atoms with Crippen molar-refractivity contribution in [3.63, 3.8) is 0 Å². The van der Waals surface area contributed by atoms with Crippen molar-refractivity contribution in [2.75, 3.05) is 13.7 Å². The Morgan fingerprint density at radius 3 is 2.83 bits per heavy atom. The van der Waals surface area contributed by atoms with Crippen LogP contribution >= 0.6 is 0 Å². The van der Waals surface area contributed by atoms with Gasteiger partial charge in [0.15, 0.2) is 0 Å². The van der Waals surface area contributed by atoms with Crippen LogP contribution in [0.5, 0.6) is 0 Å². The first-order chi connectivity index (χ1) is 8.65. The van der Waals surface area contributed by atoms with Crippen molar-refractivity contribution >= 4 is 5.97 Å². The molecule has 4 heteroatoms. The molecular weight excluding hydrogens is 230 g/mol. The number of carboxylic acid groups (broad SMARTS) is 1. The topological polar surface area (TPSA) is 49.8 Å². The molecule has 1 saturated heterocycles. The fraction of sp³-hybridized carbons (Fsp3) is 0.929. The van der Waals surface area contributed by atoms with Crippen LogP contribution in [0.15, 0.2) is 0 Å². The predicted octanol–water partition coefficient (Wildman–Crippen LogP) is 2.13. The zero-order valence-corrected chi connectivity index (χ0v) is 11.5. The van der Waals surface area contributed by atoms with E-state index in [2.05, 4.69) is 11.8 Å². The molecule has 0 amide bonds. The van der Waals surface area contributed by atoms with Gasteiger partial charge in [0, 0.05) is 25.8 Å². The van der Waals surface area contributed by atoms with Crippen LogP contribution in [0.25, 0.3) is 0 Å². The van der Waals surface area contributed by atoms with Crippen LogP contribution in [-0.4, -0.2) is 47.8 Å². The molecule has 1 heterocycles. The summed E-state index contributed by atoms with van der Waals surface area (Å²) in [5.41, 5.74) is 0. The lowest BCUT2D eigenvalue weighted by Gasteiger charge is -2.37. The first-order valence-electron chi connectivity index (χ1n) is 7.14. The maximum Gasteiger partial charge on any atom is 0.320 e. The number of likely N-dealkylation sites (tertiary alicyclic amines) is 1. The Labute approximate surface area is 109 Å². The Kier molecular flexibility index (Phi) is 4.62. The second-order valence-electron chi connectivity index (χ2n) is 5.78. The smallest absolute Gasteiger partial charge is 0.320 e. The fourth-order valence-corrected chi connectivity index (χ4v) is 3.80. The van der Waals surface area contributed by atoms with Gasteiger partial charge in [-0.05, 0) is 38.5 Å². The number of nitrogens with zero attached hydrogens (tertiary/aromatic N) is 1. The highest BCUT2D eigenvalue weighted by Gasteiger charge is 2.46. The van der Waals surface area contributed by atoms with E-state index in [4.69, 9.17) is 4.74 Å². The van der Waals surface area contributed by atoms with Crippen LogP contribution in [0.4, 0.5) is 0 Å². The quantitative estimate of drug-likeness (QED) is 0.817. The molecule has 0 bridgehead atoms. The van der Waals surface area contributed by atoms with Crippen LogP contribution in [0, 0.1) is 5.92 Å². The zero-order chi connectivity index (χ0) is 13.1. The van der Waals surface area contributed by atoms with Gasteiger partial charge in [0.25, 0.3) is 0 Å². The van der Waals surface area contributed by atoms with E-state index in [0.29, 0.717) is 24.6 Å². The fourth-order valence-electron chi connectivity index (χ4n) is 3.80. The minimum Gasteiger partial charge on any atom is -0.480 e. The molecule has 104 valence electrons. The summed E-state index contributed by atoms with van der Waals surface area (Å²) in [5, 5.41) is 9.43. The van der Waals surface area contributed by atoms with Gasteiger partial charge in [-0.25, -0.2) is 0 Å².